The fourth-order valence-corrected chi connectivity index (χ4v) is 2.63. The first-order chi connectivity index (χ1) is 7.36. The monoisotopic (exact) mass is 225 g/mol. The lowest BCUT2D eigenvalue weighted by Gasteiger charge is -2.26. The second kappa shape index (κ2) is 5.58. The number of likely N-dealkylation sites (N-methyl/N-ethyl adjacent to an activating group) is 1. The van der Waals surface area contributed by atoms with Crippen molar-refractivity contribution in [3.63, 3.8) is 0 Å². The molecule has 2 heterocycles. The largest absolute Gasteiger partial charge is 0.315 e. The molecule has 15 heavy (non-hydrogen) atoms. The van der Waals surface area contributed by atoms with Gasteiger partial charge in [0.05, 0.1) is 11.2 Å². The Hall–Kier alpha value is -0.450. The fraction of sp³-hybridized carbons (Fsp3) is 0.727. The molecule has 1 fully saturated rings. The van der Waals surface area contributed by atoms with Gasteiger partial charge in [0.15, 0.2) is 0 Å². The van der Waals surface area contributed by atoms with Crippen LogP contribution >= 0.6 is 11.3 Å². The van der Waals surface area contributed by atoms with Gasteiger partial charge < -0.3 is 5.32 Å². The molecule has 1 atom stereocenters. The van der Waals surface area contributed by atoms with Crippen LogP contribution in [0.5, 0.6) is 0 Å². The van der Waals surface area contributed by atoms with Gasteiger partial charge in [0, 0.05) is 24.5 Å². The third kappa shape index (κ3) is 3.26. The van der Waals surface area contributed by atoms with E-state index in [9.17, 15) is 0 Å². The van der Waals surface area contributed by atoms with Crippen LogP contribution in [0.4, 0.5) is 0 Å². The van der Waals surface area contributed by atoms with E-state index in [-0.39, 0.29) is 0 Å². The van der Waals surface area contributed by atoms with Gasteiger partial charge in [-0.1, -0.05) is 6.42 Å². The maximum absolute atomic E-state index is 4.33. The molecule has 0 amide bonds. The molecule has 1 unspecified atom stereocenters. The van der Waals surface area contributed by atoms with Crippen molar-refractivity contribution in [2.24, 2.45) is 0 Å². The van der Waals surface area contributed by atoms with Crippen molar-refractivity contribution in [3.8, 4) is 0 Å². The fourth-order valence-electron chi connectivity index (χ4n) is 2.08. The summed E-state index contributed by atoms with van der Waals surface area (Å²) in [7, 11) is 2.21. The summed E-state index contributed by atoms with van der Waals surface area (Å²) in [5.74, 6) is 0. The molecule has 0 spiro atoms. The first kappa shape index (κ1) is 11.0. The van der Waals surface area contributed by atoms with Crippen LogP contribution in [0.15, 0.2) is 10.9 Å². The summed E-state index contributed by atoms with van der Waals surface area (Å²) in [6.07, 6.45) is 3.98. The average molecular weight is 225 g/mol. The van der Waals surface area contributed by atoms with E-state index < -0.39 is 0 Å². The van der Waals surface area contributed by atoms with Crippen LogP contribution in [0.3, 0.4) is 0 Å². The Morgan fingerprint density at radius 2 is 2.53 bits per heavy atom. The molecular formula is C11H19N3S. The predicted molar refractivity (Wildman–Crippen MR) is 64.1 cm³/mol. The van der Waals surface area contributed by atoms with Gasteiger partial charge in [-0.2, -0.15) is 0 Å². The summed E-state index contributed by atoms with van der Waals surface area (Å²) in [6, 6.07) is 0.675. The molecule has 1 aliphatic heterocycles. The minimum Gasteiger partial charge on any atom is -0.315 e. The van der Waals surface area contributed by atoms with Crippen molar-refractivity contribution in [1.82, 2.24) is 15.2 Å². The van der Waals surface area contributed by atoms with Crippen molar-refractivity contribution in [2.45, 2.75) is 31.8 Å². The predicted octanol–water partition coefficient (Wildman–Crippen LogP) is 1.72. The first-order valence-electron chi connectivity index (χ1n) is 5.64. The molecule has 0 aliphatic carbocycles. The molecule has 3 nitrogen and oxygen atoms in total. The van der Waals surface area contributed by atoms with Crippen molar-refractivity contribution in [1.29, 1.82) is 0 Å². The number of hydrogen-bond donors (Lipinski definition) is 1. The second-order valence-corrected chi connectivity index (χ2v) is 4.97. The van der Waals surface area contributed by atoms with E-state index in [2.05, 4.69) is 27.6 Å². The summed E-state index contributed by atoms with van der Waals surface area (Å²) in [5.41, 5.74) is 3.11. The number of nitrogens with zero attached hydrogens (tertiary/aromatic N) is 2. The number of rotatable bonds is 3. The van der Waals surface area contributed by atoms with E-state index in [4.69, 9.17) is 0 Å². The zero-order chi connectivity index (χ0) is 10.5. The summed E-state index contributed by atoms with van der Waals surface area (Å²) >= 11 is 1.68. The Morgan fingerprint density at radius 1 is 1.60 bits per heavy atom. The summed E-state index contributed by atoms with van der Waals surface area (Å²) in [5, 5.41) is 5.64. The molecule has 1 N–H and O–H groups in total. The standard InChI is InChI=1S/C11H19N3S/c1-14(7-10-8-15-9-13-10)11-4-2-3-5-12-6-11/h8-9,11-12H,2-7H2,1H3. The minimum absolute atomic E-state index is 0.675. The van der Waals surface area contributed by atoms with Crippen molar-refractivity contribution in [3.05, 3.63) is 16.6 Å². The maximum Gasteiger partial charge on any atom is 0.0795 e. The molecule has 1 aliphatic rings. The zero-order valence-electron chi connectivity index (χ0n) is 9.28. The van der Waals surface area contributed by atoms with Crippen LogP contribution in [0, 0.1) is 0 Å². The summed E-state index contributed by atoms with van der Waals surface area (Å²) in [6.45, 7) is 3.29. The van der Waals surface area contributed by atoms with Gasteiger partial charge in [0.2, 0.25) is 0 Å². The maximum atomic E-state index is 4.33. The van der Waals surface area contributed by atoms with Gasteiger partial charge in [-0.25, -0.2) is 4.98 Å². The van der Waals surface area contributed by atoms with Gasteiger partial charge in [0.1, 0.15) is 0 Å². The Bertz CT molecular complexity index is 265. The zero-order valence-corrected chi connectivity index (χ0v) is 10.1. The van der Waals surface area contributed by atoms with E-state index in [0.717, 1.165) is 13.1 Å². The lowest BCUT2D eigenvalue weighted by atomic mass is 10.1. The van der Waals surface area contributed by atoms with E-state index in [1.807, 2.05) is 5.51 Å². The summed E-state index contributed by atoms with van der Waals surface area (Å²) < 4.78 is 0. The van der Waals surface area contributed by atoms with Crippen LogP contribution in [-0.4, -0.2) is 36.1 Å². The van der Waals surface area contributed by atoms with Crippen molar-refractivity contribution in [2.75, 3.05) is 20.1 Å². The smallest absolute Gasteiger partial charge is 0.0795 e. The molecule has 0 radical (unpaired) electrons. The topological polar surface area (TPSA) is 28.2 Å². The van der Waals surface area contributed by atoms with Gasteiger partial charge in [-0.15, -0.1) is 11.3 Å². The van der Waals surface area contributed by atoms with E-state index >= 15 is 0 Å². The molecule has 84 valence electrons. The van der Waals surface area contributed by atoms with E-state index in [1.54, 1.807) is 11.3 Å². The lowest BCUT2D eigenvalue weighted by molar-refractivity contribution is 0.220. The highest BCUT2D eigenvalue weighted by Crippen LogP contribution is 2.13. The molecule has 0 bridgehead atoms. The molecule has 0 aromatic carbocycles. The quantitative estimate of drug-likeness (QED) is 0.849. The van der Waals surface area contributed by atoms with Crippen LogP contribution in [0.2, 0.25) is 0 Å². The highest BCUT2D eigenvalue weighted by atomic mass is 32.1. The first-order valence-corrected chi connectivity index (χ1v) is 6.58. The molecule has 1 saturated heterocycles. The number of thiazole rings is 1. The van der Waals surface area contributed by atoms with E-state index in [0.29, 0.717) is 6.04 Å². The normalized spacial score (nSPS) is 22.9. The molecule has 1 aromatic heterocycles. The molecular weight excluding hydrogens is 206 g/mol. The van der Waals surface area contributed by atoms with Crippen molar-refractivity contribution >= 4 is 11.3 Å². The molecule has 1 aromatic rings. The third-order valence-corrected chi connectivity index (χ3v) is 3.67. The SMILES string of the molecule is CN(Cc1cscn1)C1CCCCNC1. The number of hydrogen-bond acceptors (Lipinski definition) is 4. The Kier molecular flexibility index (Phi) is 4.11. The van der Waals surface area contributed by atoms with Gasteiger partial charge >= 0.3 is 0 Å². The van der Waals surface area contributed by atoms with Crippen LogP contribution < -0.4 is 5.32 Å². The Balaban J connectivity index is 1.86. The second-order valence-electron chi connectivity index (χ2n) is 4.25. The Morgan fingerprint density at radius 3 is 3.33 bits per heavy atom. The summed E-state index contributed by atoms with van der Waals surface area (Å²) in [4.78, 5) is 6.75. The van der Waals surface area contributed by atoms with Crippen LogP contribution in [-0.2, 0) is 6.54 Å². The van der Waals surface area contributed by atoms with Crippen LogP contribution in [0.1, 0.15) is 25.0 Å². The van der Waals surface area contributed by atoms with Gasteiger partial charge in [-0.05, 0) is 26.4 Å². The molecule has 0 saturated carbocycles. The van der Waals surface area contributed by atoms with Gasteiger partial charge in [-0.3, -0.25) is 4.90 Å². The minimum atomic E-state index is 0.675. The molecule has 2 rings (SSSR count). The van der Waals surface area contributed by atoms with E-state index in [1.165, 1.54) is 31.5 Å². The van der Waals surface area contributed by atoms with Crippen LogP contribution in [0.25, 0.3) is 0 Å². The number of aromatic nitrogens is 1. The van der Waals surface area contributed by atoms with Crippen molar-refractivity contribution < 1.29 is 0 Å². The highest BCUT2D eigenvalue weighted by molar-refractivity contribution is 7.07. The Labute approximate surface area is 95.5 Å². The lowest BCUT2D eigenvalue weighted by Crippen LogP contribution is -2.38. The highest BCUT2D eigenvalue weighted by Gasteiger charge is 2.16. The third-order valence-electron chi connectivity index (χ3n) is 3.04. The average Bonchev–Trinajstić information content (AvgIpc) is 2.58. The molecule has 4 heteroatoms. The van der Waals surface area contributed by atoms with Gasteiger partial charge in [0.25, 0.3) is 0 Å². The number of nitrogens with one attached hydrogen (secondary N) is 1.